The van der Waals surface area contributed by atoms with E-state index in [0.717, 1.165) is 34.4 Å². The van der Waals surface area contributed by atoms with Gasteiger partial charge < -0.3 is 20.1 Å². The molecule has 9 heteroatoms. The maximum Gasteiger partial charge on any atom is 0.225 e. The molecule has 1 amide bonds. The average Bonchev–Trinajstić information content (AvgIpc) is 3.65. The molecule has 3 atom stereocenters. The first-order valence-electron chi connectivity index (χ1n) is 11.1. The van der Waals surface area contributed by atoms with E-state index >= 15 is 0 Å². The second kappa shape index (κ2) is 6.87. The van der Waals surface area contributed by atoms with Crippen LogP contribution in [0.2, 0.25) is 10.0 Å². The highest BCUT2D eigenvalue weighted by Gasteiger charge is 2.81. The highest BCUT2D eigenvalue weighted by atomic mass is 35.5. The van der Waals surface area contributed by atoms with Gasteiger partial charge in [-0.3, -0.25) is 4.79 Å². The zero-order chi connectivity index (χ0) is 23.2. The van der Waals surface area contributed by atoms with E-state index in [2.05, 4.69) is 15.3 Å². The van der Waals surface area contributed by atoms with E-state index < -0.39 is 0 Å². The number of benzene rings is 2. The number of aromatic nitrogens is 3. The Labute approximate surface area is 204 Å². The number of imidazole rings is 1. The number of ether oxygens (including phenoxy) is 1. The molecule has 7 rings (SSSR count). The summed E-state index contributed by atoms with van der Waals surface area (Å²) in [5, 5.41) is 14.4. The number of nitrogens with zero attached hydrogens (tertiary/aromatic N) is 2. The highest BCUT2D eigenvalue weighted by molar-refractivity contribution is 6.42. The van der Waals surface area contributed by atoms with Crippen LogP contribution < -0.4 is 10.1 Å². The number of carbonyl (C=O) groups is 1. The van der Waals surface area contributed by atoms with Gasteiger partial charge in [-0.2, -0.15) is 0 Å². The third kappa shape index (κ3) is 2.87. The molecule has 4 aromatic rings. The molecule has 2 aromatic carbocycles. The summed E-state index contributed by atoms with van der Waals surface area (Å²) in [5.74, 6) is 3.51. The number of nitrogens with one attached hydrogen (secondary N) is 2. The number of hydrogen-bond donors (Lipinski definition) is 3. The topological polar surface area (TPSA) is 100 Å². The molecule has 3 N–H and O–H groups in total. The minimum Gasteiger partial charge on any atom is -0.508 e. The molecule has 2 fully saturated rings. The van der Waals surface area contributed by atoms with Crippen molar-refractivity contribution in [1.82, 2.24) is 15.0 Å². The Morgan fingerprint density at radius 3 is 2.82 bits per heavy atom. The lowest BCUT2D eigenvalue weighted by Crippen LogP contribution is -2.20. The van der Waals surface area contributed by atoms with Crippen molar-refractivity contribution in [2.24, 2.45) is 5.92 Å². The third-order valence-corrected chi connectivity index (χ3v) is 8.03. The first-order valence-corrected chi connectivity index (χ1v) is 11.8. The largest absolute Gasteiger partial charge is 0.508 e. The Kier molecular flexibility index (Phi) is 4.06. The predicted octanol–water partition coefficient (Wildman–Crippen LogP) is 5.70. The fraction of sp³-hybridized carbons (Fsp3) is 0.240. The molecule has 34 heavy (non-hydrogen) atoms. The Bertz CT molecular complexity index is 1500. The summed E-state index contributed by atoms with van der Waals surface area (Å²) in [6, 6.07) is 10.7. The lowest BCUT2D eigenvalue weighted by molar-refractivity contribution is -0.116. The number of H-pyrrole nitrogens is 1. The van der Waals surface area contributed by atoms with Crippen LogP contribution in [-0.2, 0) is 16.6 Å². The highest BCUT2D eigenvalue weighted by Crippen LogP contribution is 2.84. The van der Waals surface area contributed by atoms with Gasteiger partial charge in [-0.25, -0.2) is 9.97 Å². The molecule has 3 heterocycles. The summed E-state index contributed by atoms with van der Waals surface area (Å²) < 4.78 is 6.19. The number of hydrogen-bond acceptors (Lipinski definition) is 5. The van der Waals surface area contributed by atoms with Crippen LogP contribution in [0.1, 0.15) is 35.7 Å². The van der Waals surface area contributed by atoms with Crippen LogP contribution in [0, 0.1) is 5.92 Å². The van der Waals surface area contributed by atoms with E-state index in [0.29, 0.717) is 46.1 Å². The normalized spacial score (nSPS) is 24.4. The number of halogens is 2. The lowest BCUT2D eigenvalue weighted by Gasteiger charge is -2.19. The number of pyridine rings is 1. The van der Waals surface area contributed by atoms with Gasteiger partial charge in [0.2, 0.25) is 5.91 Å². The second-order valence-electron chi connectivity index (χ2n) is 9.20. The van der Waals surface area contributed by atoms with Crippen molar-refractivity contribution < 1.29 is 14.6 Å². The van der Waals surface area contributed by atoms with Gasteiger partial charge in [0.1, 0.15) is 28.9 Å². The van der Waals surface area contributed by atoms with Crippen molar-refractivity contribution in [3.8, 4) is 17.2 Å². The average molecular weight is 493 g/mol. The van der Waals surface area contributed by atoms with E-state index in [1.165, 1.54) is 0 Å². The van der Waals surface area contributed by atoms with Gasteiger partial charge in [-0.05, 0) is 55.2 Å². The van der Waals surface area contributed by atoms with Crippen LogP contribution in [0.5, 0.6) is 17.2 Å². The molecule has 0 saturated heterocycles. The van der Waals surface area contributed by atoms with Gasteiger partial charge in [0.05, 0.1) is 21.1 Å². The molecule has 0 radical (unpaired) electrons. The Morgan fingerprint density at radius 1 is 1.12 bits per heavy atom. The van der Waals surface area contributed by atoms with Crippen molar-refractivity contribution in [2.45, 2.75) is 30.6 Å². The van der Waals surface area contributed by atoms with Crippen LogP contribution in [0.4, 0.5) is 5.82 Å². The number of phenolic OH excluding ortho intramolecular Hbond substituents is 1. The standard InChI is InChI=1S/C25H18Cl2N4O3/c26-15-8-17-18(9-16(15)27)30-24(29-17)25-10-14(25)22(25)13-7-11(1-3-19(13)32)34-20-5-6-28-23-12(20)2-4-21(33)31-23/h1,3,5-9,14,22,32H,2,4,10H2,(H,29,30)(H,28,31,33)/t14-,22+,25-/m0/s1. The van der Waals surface area contributed by atoms with Gasteiger partial charge in [0.15, 0.2) is 0 Å². The zero-order valence-electron chi connectivity index (χ0n) is 17.7. The molecule has 3 aliphatic rings. The molecular formula is C25H18Cl2N4O3. The Morgan fingerprint density at radius 2 is 1.97 bits per heavy atom. The number of phenols is 1. The smallest absolute Gasteiger partial charge is 0.225 e. The Balaban J connectivity index is 1.20. The molecular weight excluding hydrogens is 475 g/mol. The van der Waals surface area contributed by atoms with Gasteiger partial charge in [0.25, 0.3) is 0 Å². The number of aromatic hydroxyl groups is 1. The summed E-state index contributed by atoms with van der Waals surface area (Å²) in [4.78, 5) is 24.1. The monoisotopic (exact) mass is 492 g/mol. The number of anilines is 1. The maximum absolute atomic E-state index is 11.7. The molecule has 0 unspecified atom stereocenters. The second-order valence-corrected chi connectivity index (χ2v) is 10.0. The number of amides is 1. The first-order chi connectivity index (χ1) is 16.4. The molecule has 0 bridgehead atoms. The van der Waals surface area contributed by atoms with Gasteiger partial charge in [-0.1, -0.05) is 23.2 Å². The number of aromatic amines is 1. The number of rotatable bonds is 4. The summed E-state index contributed by atoms with van der Waals surface area (Å²) in [6.45, 7) is 0. The summed E-state index contributed by atoms with van der Waals surface area (Å²) in [7, 11) is 0. The van der Waals surface area contributed by atoms with E-state index in [4.69, 9.17) is 32.9 Å². The van der Waals surface area contributed by atoms with Crippen LogP contribution in [0.25, 0.3) is 11.0 Å². The van der Waals surface area contributed by atoms with Crippen molar-refractivity contribution in [2.75, 3.05) is 5.32 Å². The minimum atomic E-state index is -0.103. The van der Waals surface area contributed by atoms with Crippen molar-refractivity contribution in [3.63, 3.8) is 0 Å². The van der Waals surface area contributed by atoms with Crippen molar-refractivity contribution >= 4 is 46.0 Å². The minimum absolute atomic E-state index is 0.0440. The van der Waals surface area contributed by atoms with Crippen LogP contribution in [0.3, 0.4) is 0 Å². The fourth-order valence-electron chi connectivity index (χ4n) is 5.37. The van der Waals surface area contributed by atoms with E-state index in [-0.39, 0.29) is 23.0 Å². The molecule has 7 nitrogen and oxygen atoms in total. The number of fused-ring (bicyclic) bond motifs is 3. The maximum atomic E-state index is 11.7. The van der Waals surface area contributed by atoms with E-state index in [1.54, 1.807) is 36.5 Å². The van der Waals surface area contributed by atoms with Crippen LogP contribution in [0.15, 0.2) is 42.6 Å². The molecule has 2 saturated carbocycles. The third-order valence-electron chi connectivity index (χ3n) is 7.31. The predicted molar refractivity (Wildman–Crippen MR) is 128 cm³/mol. The fourth-order valence-corrected chi connectivity index (χ4v) is 5.69. The molecule has 170 valence electrons. The van der Waals surface area contributed by atoms with E-state index in [9.17, 15) is 9.90 Å². The summed E-state index contributed by atoms with van der Waals surface area (Å²) in [6.07, 6.45) is 3.60. The van der Waals surface area contributed by atoms with Crippen LogP contribution in [-0.4, -0.2) is 26.0 Å². The Hall–Kier alpha value is -3.29. The van der Waals surface area contributed by atoms with Crippen molar-refractivity contribution in [1.29, 1.82) is 0 Å². The SMILES string of the molecule is O=C1CCc2c(Oc3ccc(O)c([C@@H]4[C@@H]5C[C@@]45c4nc5cc(Cl)c(Cl)cc5[nH]4)c3)ccnc2N1. The zero-order valence-corrected chi connectivity index (χ0v) is 19.2. The van der Waals surface area contributed by atoms with E-state index in [1.807, 2.05) is 6.07 Å². The lowest BCUT2D eigenvalue weighted by atomic mass is 9.95. The van der Waals surface area contributed by atoms with Gasteiger partial charge in [0, 0.05) is 35.1 Å². The molecule has 1 aliphatic heterocycles. The molecule has 2 aromatic heterocycles. The van der Waals surface area contributed by atoms with Gasteiger partial charge in [-0.15, -0.1) is 0 Å². The first kappa shape index (κ1) is 20.1. The van der Waals surface area contributed by atoms with Gasteiger partial charge >= 0.3 is 0 Å². The summed E-state index contributed by atoms with van der Waals surface area (Å²) in [5.41, 5.74) is 3.26. The summed E-state index contributed by atoms with van der Waals surface area (Å²) >= 11 is 12.3. The number of carbonyl (C=O) groups excluding carboxylic acids is 1. The van der Waals surface area contributed by atoms with Crippen LogP contribution >= 0.6 is 23.2 Å². The quantitative estimate of drug-likeness (QED) is 0.339. The molecule has 0 spiro atoms. The van der Waals surface area contributed by atoms with Crippen molar-refractivity contribution in [3.05, 3.63) is 69.6 Å². The molecule has 2 aliphatic carbocycles.